The molecule has 3 heteroatoms. The summed E-state index contributed by atoms with van der Waals surface area (Å²) in [7, 11) is 0. The highest BCUT2D eigenvalue weighted by molar-refractivity contribution is 7.99. The molecule has 0 radical (unpaired) electrons. The Bertz CT molecular complexity index is 626. The number of carbonyl (C=O) groups excluding carboxylic acids is 1. The van der Waals surface area contributed by atoms with E-state index in [-0.39, 0.29) is 0 Å². The molecule has 2 aromatic rings. The molecule has 1 amide bonds. The van der Waals surface area contributed by atoms with Gasteiger partial charge < -0.3 is 4.90 Å². The molecule has 22 heavy (non-hydrogen) atoms. The van der Waals surface area contributed by atoms with Crippen LogP contribution in [0.1, 0.15) is 24.0 Å². The van der Waals surface area contributed by atoms with E-state index >= 15 is 0 Å². The van der Waals surface area contributed by atoms with Crippen LogP contribution in [0.25, 0.3) is 0 Å². The highest BCUT2D eigenvalue weighted by Crippen LogP contribution is 2.21. The number of hydrogen-bond acceptors (Lipinski definition) is 2. The predicted octanol–water partition coefficient (Wildman–Crippen LogP) is 4.14. The molecule has 0 saturated heterocycles. The Labute approximate surface area is 136 Å². The van der Waals surface area contributed by atoms with E-state index in [0.717, 1.165) is 31.7 Å². The van der Waals surface area contributed by atoms with E-state index in [4.69, 9.17) is 0 Å². The molecule has 0 N–H and O–H groups in total. The van der Waals surface area contributed by atoms with Gasteiger partial charge in [0.1, 0.15) is 0 Å². The van der Waals surface area contributed by atoms with Crippen LogP contribution in [0, 0.1) is 0 Å². The lowest BCUT2D eigenvalue weighted by Crippen LogP contribution is -2.35. The second-order valence-electron chi connectivity index (χ2n) is 5.60. The maximum absolute atomic E-state index is 12.3. The predicted molar refractivity (Wildman–Crippen MR) is 92.0 cm³/mol. The molecule has 3 rings (SSSR count). The standard InChI is InChI=1S/C19H21NOS/c21-19(11-6-14-22-18-9-2-1-3-10-18)20-13-12-16-7-4-5-8-17(16)15-20/h1-5,7-10H,6,11-15H2. The molecule has 0 unspecified atom stereocenters. The highest BCUT2D eigenvalue weighted by Gasteiger charge is 2.19. The Balaban J connectivity index is 1.43. The van der Waals surface area contributed by atoms with Crippen LogP contribution < -0.4 is 0 Å². The lowest BCUT2D eigenvalue weighted by Gasteiger charge is -2.29. The van der Waals surface area contributed by atoms with Crippen molar-refractivity contribution in [1.82, 2.24) is 4.90 Å². The number of fused-ring (bicyclic) bond motifs is 1. The number of benzene rings is 2. The molecule has 1 aliphatic heterocycles. The molecule has 0 aliphatic carbocycles. The van der Waals surface area contributed by atoms with Gasteiger partial charge in [-0.1, -0.05) is 42.5 Å². The fourth-order valence-corrected chi connectivity index (χ4v) is 3.67. The van der Waals surface area contributed by atoms with Gasteiger partial charge in [-0.2, -0.15) is 0 Å². The monoisotopic (exact) mass is 311 g/mol. The van der Waals surface area contributed by atoms with Crippen LogP contribution in [0.5, 0.6) is 0 Å². The van der Waals surface area contributed by atoms with Crippen LogP contribution in [0.15, 0.2) is 59.5 Å². The highest BCUT2D eigenvalue weighted by atomic mass is 32.2. The van der Waals surface area contributed by atoms with E-state index in [9.17, 15) is 4.79 Å². The molecule has 114 valence electrons. The van der Waals surface area contributed by atoms with E-state index in [1.807, 2.05) is 22.7 Å². The summed E-state index contributed by atoms with van der Waals surface area (Å²) < 4.78 is 0. The van der Waals surface area contributed by atoms with Crippen molar-refractivity contribution in [2.24, 2.45) is 0 Å². The van der Waals surface area contributed by atoms with Crippen molar-refractivity contribution < 1.29 is 4.79 Å². The van der Waals surface area contributed by atoms with Crippen LogP contribution in [0.2, 0.25) is 0 Å². The first-order valence-corrected chi connectivity index (χ1v) is 8.84. The van der Waals surface area contributed by atoms with E-state index < -0.39 is 0 Å². The summed E-state index contributed by atoms with van der Waals surface area (Å²) >= 11 is 1.83. The number of nitrogens with zero attached hydrogens (tertiary/aromatic N) is 1. The summed E-state index contributed by atoms with van der Waals surface area (Å²) in [6.07, 6.45) is 2.58. The molecule has 1 heterocycles. The van der Waals surface area contributed by atoms with E-state index in [1.165, 1.54) is 16.0 Å². The fourth-order valence-electron chi connectivity index (χ4n) is 2.80. The third kappa shape index (κ3) is 3.92. The van der Waals surface area contributed by atoms with Gasteiger partial charge in [0.25, 0.3) is 0 Å². The van der Waals surface area contributed by atoms with Crippen LogP contribution in [-0.4, -0.2) is 23.1 Å². The normalized spacial score (nSPS) is 13.7. The summed E-state index contributed by atoms with van der Waals surface area (Å²) in [5.41, 5.74) is 2.70. The van der Waals surface area contributed by atoms with Crippen LogP contribution >= 0.6 is 11.8 Å². The van der Waals surface area contributed by atoms with E-state index in [2.05, 4.69) is 48.5 Å². The SMILES string of the molecule is O=C(CCCSc1ccccc1)N1CCc2ccccc2C1. The first-order valence-electron chi connectivity index (χ1n) is 7.85. The first-order chi connectivity index (χ1) is 10.8. The quantitative estimate of drug-likeness (QED) is 0.611. The molecular formula is C19H21NOS. The third-order valence-electron chi connectivity index (χ3n) is 4.03. The number of hydrogen-bond donors (Lipinski definition) is 0. The Morgan fingerprint density at radius 1 is 1.00 bits per heavy atom. The lowest BCUT2D eigenvalue weighted by molar-refractivity contribution is -0.132. The van der Waals surface area contributed by atoms with Gasteiger partial charge in [0.2, 0.25) is 5.91 Å². The van der Waals surface area contributed by atoms with Crippen LogP contribution in [-0.2, 0) is 17.8 Å². The Morgan fingerprint density at radius 3 is 2.55 bits per heavy atom. The van der Waals surface area contributed by atoms with Gasteiger partial charge in [0.15, 0.2) is 0 Å². The molecule has 0 atom stereocenters. The van der Waals surface area contributed by atoms with Gasteiger partial charge in [0, 0.05) is 24.4 Å². The lowest BCUT2D eigenvalue weighted by atomic mass is 10.00. The molecular weight excluding hydrogens is 290 g/mol. The van der Waals surface area contributed by atoms with E-state index in [0.29, 0.717) is 12.3 Å². The molecule has 0 saturated carbocycles. The van der Waals surface area contributed by atoms with Crippen LogP contribution in [0.4, 0.5) is 0 Å². The van der Waals surface area contributed by atoms with Crippen molar-refractivity contribution in [1.29, 1.82) is 0 Å². The zero-order valence-corrected chi connectivity index (χ0v) is 13.5. The molecule has 1 aliphatic rings. The van der Waals surface area contributed by atoms with Crippen molar-refractivity contribution in [2.75, 3.05) is 12.3 Å². The van der Waals surface area contributed by atoms with Gasteiger partial charge in [-0.15, -0.1) is 11.8 Å². The summed E-state index contributed by atoms with van der Waals surface area (Å²) in [6, 6.07) is 18.8. The zero-order chi connectivity index (χ0) is 15.2. The van der Waals surface area contributed by atoms with Gasteiger partial charge in [-0.25, -0.2) is 0 Å². The van der Waals surface area contributed by atoms with Gasteiger partial charge in [-0.3, -0.25) is 4.79 Å². The second-order valence-corrected chi connectivity index (χ2v) is 6.77. The number of amides is 1. The van der Waals surface area contributed by atoms with Gasteiger partial charge in [-0.05, 0) is 41.9 Å². The molecule has 2 aromatic carbocycles. The minimum Gasteiger partial charge on any atom is -0.338 e. The molecule has 0 bridgehead atoms. The molecule has 0 aromatic heterocycles. The second kappa shape index (κ2) is 7.50. The smallest absolute Gasteiger partial charge is 0.222 e. The van der Waals surface area contributed by atoms with Crippen LogP contribution in [0.3, 0.4) is 0 Å². The maximum Gasteiger partial charge on any atom is 0.222 e. The summed E-state index contributed by atoms with van der Waals surface area (Å²) in [6.45, 7) is 1.64. The average Bonchev–Trinajstić information content (AvgIpc) is 2.59. The maximum atomic E-state index is 12.3. The van der Waals surface area contributed by atoms with E-state index in [1.54, 1.807) is 0 Å². The van der Waals surface area contributed by atoms with Gasteiger partial charge in [0.05, 0.1) is 0 Å². The minimum absolute atomic E-state index is 0.295. The largest absolute Gasteiger partial charge is 0.338 e. The van der Waals surface area contributed by atoms with Crippen molar-refractivity contribution in [2.45, 2.75) is 30.7 Å². The number of carbonyl (C=O) groups is 1. The molecule has 0 spiro atoms. The average molecular weight is 311 g/mol. The van der Waals surface area contributed by atoms with Crippen molar-refractivity contribution in [3.8, 4) is 0 Å². The Morgan fingerprint density at radius 2 is 1.73 bits per heavy atom. The topological polar surface area (TPSA) is 20.3 Å². The zero-order valence-electron chi connectivity index (χ0n) is 12.7. The molecule has 0 fully saturated rings. The Kier molecular flexibility index (Phi) is 5.17. The number of thioether (sulfide) groups is 1. The van der Waals surface area contributed by atoms with Crippen molar-refractivity contribution >= 4 is 17.7 Å². The van der Waals surface area contributed by atoms with Gasteiger partial charge >= 0.3 is 0 Å². The fraction of sp³-hybridized carbons (Fsp3) is 0.316. The molecule has 2 nitrogen and oxygen atoms in total. The van der Waals surface area contributed by atoms with Crippen molar-refractivity contribution in [3.05, 3.63) is 65.7 Å². The third-order valence-corrected chi connectivity index (χ3v) is 5.13. The first kappa shape index (κ1) is 15.2. The summed E-state index contributed by atoms with van der Waals surface area (Å²) in [5, 5.41) is 0. The number of rotatable bonds is 5. The summed E-state index contributed by atoms with van der Waals surface area (Å²) in [5.74, 6) is 1.29. The van der Waals surface area contributed by atoms with Crippen molar-refractivity contribution in [3.63, 3.8) is 0 Å². The minimum atomic E-state index is 0.295. The summed E-state index contributed by atoms with van der Waals surface area (Å²) in [4.78, 5) is 15.6. The Hall–Kier alpha value is -1.74.